The third-order valence-corrected chi connectivity index (χ3v) is 4.94. The number of carboxylic acid groups (broad SMARTS) is 1. The highest BCUT2D eigenvalue weighted by atomic mass is 32.1. The predicted octanol–water partition coefficient (Wildman–Crippen LogP) is 3.55. The van der Waals surface area contributed by atoms with Crippen molar-refractivity contribution in [3.05, 3.63) is 57.8 Å². The van der Waals surface area contributed by atoms with Gasteiger partial charge in [0.1, 0.15) is 0 Å². The summed E-state index contributed by atoms with van der Waals surface area (Å²) >= 11 is 1.65. The Morgan fingerprint density at radius 3 is 2.68 bits per heavy atom. The van der Waals surface area contributed by atoms with Gasteiger partial charge in [0.2, 0.25) is 0 Å². The summed E-state index contributed by atoms with van der Waals surface area (Å²) in [6.07, 6.45) is 2.90. The molecule has 0 saturated heterocycles. The highest BCUT2D eigenvalue weighted by Gasteiger charge is 2.41. The second-order valence-corrected chi connectivity index (χ2v) is 6.32. The molecule has 1 atom stereocenters. The van der Waals surface area contributed by atoms with E-state index in [1.165, 1.54) is 16.0 Å². The Kier molecular flexibility index (Phi) is 3.15. The summed E-state index contributed by atoms with van der Waals surface area (Å²) in [6, 6.07) is 12.3. The van der Waals surface area contributed by atoms with Crippen LogP contribution in [0.5, 0.6) is 0 Å². The molecule has 0 spiro atoms. The molecule has 2 nitrogen and oxygen atoms in total. The molecule has 98 valence electrons. The Hall–Kier alpha value is -1.61. The lowest BCUT2D eigenvalue weighted by Crippen LogP contribution is -2.38. The van der Waals surface area contributed by atoms with Crippen LogP contribution < -0.4 is 0 Å². The van der Waals surface area contributed by atoms with Gasteiger partial charge in [0.15, 0.2) is 0 Å². The lowest BCUT2D eigenvalue weighted by atomic mass is 9.69. The first kappa shape index (κ1) is 12.4. The molecule has 2 aromatic rings. The molecule has 3 rings (SSSR count). The van der Waals surface area contributed by atoms with Crippen molar-refractivity contribution in [1.29, 1.82) is 0 Å². The van der Waals surface area contributed by atoms with E-state index in [0.29, 0.717) is 12.8 Å². The fourth-order valence-electron chi connectivity index (χ4n) is 2.96. The average Bonchev–Trinajstić information content (AvgIpc) is 2.91. The molecule has 0 amide bonds. The van der Waals surface area contributed by atoms with E-state index in [1.807, 2.05) is 29.6 Å². The second-order valence-electron chi connectivity index (χ2n) is 5.29. The molecule has 0 bridgehead atoms. The number of aryl methyl sites for hydroxylation is 1. The Morgan fingerprint density at radius 2 is 2.00 bits per heavy atom. The van der Waals surface area contributed by atoms with Crippen molar-refractivity contribution in [2.24, 2.45) is 5.41 Å². The van der Waals surface area contributed by atoms with E-state index in [0.717, 1.165) is 12.8 Å². The number of hydrogen-bond donors (Lipinski definition) is 1. The first-order valence-corrected chi connectivity index (χ1v) is 7.40. The summed E-state index contributed by atoms with van der Waals surface area (Å²) in [4.78, 5) is 13.0. The quantitative estimate of drug-likeness (QED) is 0.927. The van der Waals surface area contributed by atoms with Crippen LogP contribution in [0.15, 0.2) is 41.8 Å². The zero-order valence-corrected chi connectivity index (χ0v) is 11.5. The number of benzene rings is 1. The highest BCUT2D eigenvalue weighted by Crippen LogP contribution is 2.39. The first-order valence-electron chi connectivity index (χ1n) is 6.52. The molecule has 1 N–H and O–H groups in total. The van der Waals surface area contributed by atoms with Gasteiger partial charge in [0.25, 0.3) is 0 Å². The molecule has 0 fully saturated rings. The zero-order valence-electron chi connectivity index (χ0n) is 10.6. The van der Waals surface area contributed by atoms with Crippen molar-refractivity contribution in [3.63, 3.8) is 0 Å². The number of aliphatic carboxylic acids is 1. The Morgan fingerprint density at radius 1 is 1.21 bits per heavy atom. The van der Waals surface area contributed by atoms with E-state index in [-0.39, 0.29) is 0 Å². The molecule has 0 saturated carbocycles. The zero-order chi connectivity index (χ0) is 13.3. The summed E-state index contributed by atoms with van der Waals surface area (Å²) in [5.74, 6) is -0.657. The van der Waals surface area contributed by atoms with E-state index >= 15 is 0 Å². The minimum Gasteiger partial charge on any atom is -0.481 e. The maximum Gasteiger partial charge on any atom is 0.310 e. The smallest absolute Gasteiger partial charge is 0.310 e. The first-order chi connectivity index (χ1) is 9.20. The van der Waals surface area contributed by atoms with Gasteiger partial charge in [0.05, 0.1) is 5.41 Å². The van der Waals surface area contributed by atoms with Crippen LogP contribution >= 0.6 is 11.3 Å². The third-order valence-electron chi connectivity index (χ3n) is 4.07. The van der Waals surface area contributed by atoms with E-state index < -0.39 is 11.4 Å². The van der Waals surface area contributed by atoms with Crippen LogP contribution in [0, 0.1) is 5.41 Å². The number of carboxylic acids is 1. The predicted molar refractivity (Wildman–Crippen MR) is 76.6 cm³/mol. The summed E-state index contributed by atoms with van der Waals surface area (Å²) < 4.78 is 0. The number of fused-ring (bicyclic) bond motifs is 1. The van der Waals surface area contributed by atoms with Gasteiger partial charge in [-0.25, -0.2) is 0 Å². The molecule has 1 aromatic carbocycles. The standard InChI is InChI=1S/C16H16O2S/c17-15(18)16(11-14-6-3-9-19-14)8-7-12-4-1-2-5-13(12)10-16/h1-6,9H,7-8,10-11H2,(H,17,18). The van der Waals surface area contributed by atoms with Crippen LogP contribution in [-0.2, 0) is 24.1 Å². The molecular formula is C16H16O2S. The molecule has 0 radical (unpaired) electrons. The van der Waals surface area contributed by atoms with Crippen molar-refractivity contribution in [2.75, 3.05) is 0 Å². The van der Waals surface area contributed by atoms with Gasteiger partial charge in [-0.05, 0) is 48.3 Å². The van der Waals surface area contributed by atoms with Crippen molar-refractivity contribution < 1.29 is 9.90 Å². The summed E-state index contributed by atoms with van der Waals surface area (Å²) in [7, 11) is 0. The van der Waals surface area contributed by atoms with E-state index in [9.17, 15) is 9.90 Å². The van der Waals surface area contributed by atoms with Gasteiger partial charge >= 0.3 is 5.97 Å². The number of hydrogen-bond acceptors (Lipinski definition) is 2. The molecule has 1 unspecified atom stereocenters. The van der Waals surface area contributed by atoms with Crippen LogP contribution in [0.4, 0.5) is 0 Å². The number of carbonyl (C=O) groups is 1. The molecule has 1 aliphatic carbocycles. The fraction of sp³-hybridized carbons (Fsp3) is 0.312. The molecule has 0 aliphatic heterocycles. The minimum absolute atomic E-state index is 0.626. The van der Waals surface area contributed by atoms with Gasteiger partial charge in [-0.2, -0.15) is 0 Å². The molecule has 3 heteroatoms. The normalized spacial score (nSPS) is 21.9. The summed E-state index contributed by atoms with van der Waals surface area (Å²) in [5.41, 5.74) is 1.89. The topological polar surface area (TPSA) is 37.3 Å². The Labute approximate surface area is 116 Å². The monoisotopic (exact) mass is 272 g/mol. The second kappa shape index (κ2) is 4.82. The summed E-state index contributed by atoms with van der Waals surface area (Å²) in [5, 5.41) is 11.7. The fourth-order valence-corrected chi connectivity index (χ4v) is 3.81. The highest BCUT2D eigenvalue weighted by molar-refractivity contribution is 7.09. The van der Waals surface area contributed by atoms with Gasteiger partial charge < -0.3 is 5.11 Å². The van der Waals surface area contributed by atoms with Crippen LogP contribution in [-0.4, -0.2) is 11.1 Å². The third kappa shape index (κ3) is 2.30. The lowest BCUT2D eigenvalue weighted by molar-refractivity contribution is -0.149. The average molecular weight is 272 g/mol. The van der Waals surface area contributed by atoms with Crippen LogP contribution in [0.3, 0.4) is 0 Å². The van der Waals surface area contributed by atoms with E-state index in [2.05, 4.69) is 12.1 Å². The van der Waals surface area contributed by atoms with Crippen LogP contribution in [0.2, 0.25) is 0 Å². The SMILES string of the molecule is O=C(O)C1(Cc2cccs2)CCc2ccccc2C1. The summed E-state index contributed by atoms with van der Waals surface area (Å²) in [6.45, 7) is 0. The minimum atomic E-state index is -0.657. The molecule has 1 aliphatic rings. The largest absolute Gasteiger partial charge is 0.481 e. The van der Waals surface area contributed by atoms with Crippen molar-refractivity contribution in [3.8, 4) is 0 Å². The van der Waals surface area contributed by atoms with E-state index in [1.54, 1.807) is 11.3 Å². The molecular weight excluding hydrogens is 256 g/mol. The molecule has 19 heavy (non-hydrogen) atoms. The molecule has 1 heterocycles. The van der Waals surface area contributed by atoms with Gasteiger partial charge in [-0.3, -0.25) is 4.79 Å². The van der Waals surface area contributed by atoms with Gasteiger partial charge in [0, 0.05) is 4.88 Å². The van der Waals surface area contributed by atoms with Crippen LogP contribution in [0.25, 0.3) is 0 Å². The number of rotatable bonds is 3. The maximum atomic E-state index is 11.8. The van der Waals surface area contributed by atoms with Crippen LogP contribution in [0.1, 0.15) is 22.4 Å². The number of thiophene rings is 1. The van der Waals surface area contributed by atoms with E-state index in [4.69, 9.17) is 0 Å². The van der Waals surface area contributed by atoms with Crippen molar-refractivity contribution in [2.45, 2.75) is 25.7 Å². The van der Waals surface area contributed by atoms with Gasteiger partial charge in [-0.1, -0.05) is 30.3 Å². The van der Waals surface area contributed by atoms with Crippen molar-refractivity contribution in [1.82, 2.24) is 0 Å². The van der Waals surface area contributed by atoms with Gasteiger partial charge in [-0.15, -0.1) is 11.3 Å². The Balaban J connectivity index is 1.93. The Bertz CT molecular complexity index is 589. The molecule has 1 aromatic heterocycles. The maximum absolute atomic E-state index is 11.8. The lowest BCUT2D eigenvalue weighted by Gasteiger charge is -2.34. The van der Waals surface area contributed by atoms with Crippen molar-refractivity contribution >= 4 is 17.3 Å².